The van der Waals surface area contributed by atoms with Crippen molar-refractivity contribution < 1.29 is 18.7 Å². The van der Waals surface area contributed by atoms with Crippen molar-refractivity contribution in [1.82, 2.24) is 0 Å². The van der Waals surface area contributed by atoms with E-state index in [0.29, 0.717) is 6.54 Å². The molecule has 2 N–H and O–H groups in total. The summed E-state index contributed by atoms with van der Waals surface area (Å²) in [5, 5.41) is 0.0572. The van der Waals surface area contributed by atoms with Crippen LogP contribution in [0.1, 0.15) is 20.8 Å². The van der Waals surface area contributed by atoms with Crippen LogP contribution in [0.2, 0.25) is 18.1 Å². The molecule has 0 bridgehead atoms. The molecule has 1 aliphatic rings. The zero-order chi connectivity index (χ0) is 19.7. The van der Waals surface area contributed by atoms with Gasteiger partial charge in [0.15, 0.2) is 14.4 Å². The van der Waals surface area contributed by atoms with Crippen molar-refractivity contribution in [3.63, 3.8) is 0 Å². The first-order chi connectivity index (χ1) is 12.1. The summed E-state index contributed by atoms with van der Waals surface area (Å²) in [5.41, 5.74) is 6.86. The Morgan fingerprint density at radius 1 is 1.19 bits per heavy atom. The molecule has 0 saturated carbocycles. The number of hydrogen-bond acceptors (Lipinski definition) is 5. The zero-order valence-corrected chi connectivity index (χ0v) is 17.9. The van der Waals surface area contributed by atoms with Crippen molar-refractivity contribution in [3.05, 3.63) is 24.3 Å². The topological polar surface area (TPSA) is 74.0 Å². The van der Waals surface area contributed by atoms with Gasteiger partial charge in [-0.1, -0.05) is 20.8 Å². The highest BCUT2D eigenvalue weighted by molar-refractivity contribution is 6.74. The Labute approximate surface area is 157 Å². The number of anilines is 1. The molecule has 3 atom stereocenters. The number of benzene rings is 1. The van der Waals surface area contributed by atoms with Crippen LogP contribution in [0.5, 0.6) is 5.75 Å². The molecule has 146 valence electrons. The van der Waals surface area contributed by atoms with E-state index in [1.807, 2.05) is 24.3 Å². The highest BCUT2D eigenvalue weighted by Gasteiger charge is 2.54. The monoisotopic (exact) mass is 380 g/mol. The van der Waals surface area contributed by atoms with Gasteiger partial charge in [0.25, 0.3) is 5.91 Å². The Hall–Kier alpha value is -1.41. The van der Waals surface area contributed by atoms with Gasteiger partial charge in [0, 0.05) is 19.3 Å². The number of nitrogens with zero attached hydrogens (tertiary/aromatic N) is 1. The molecule has 0 radical (unpaired) electrons. The zero-order valence-electron chi connectivity index (χ0n) is 16.9. The fourth-order valence-corrected chi connectivity index (χ4v) is 4.29. The standard InChI is InChI=1S/C19H32N2O4Si/c1-19(2,3)26(6,7)25-15(12-20)16-17(24-5)18(22)21(16)13-8-10-14(23-4)11-9-13/h8-11,15-17H,12,20H2,1-7H3/t15-,16+,17-/m1/s1. The van der Waals surface area contributed by atoms with E-state index in [-0.39, 0.29) is 23.1 Å². The lowest BCUT2D eigenvalue weighted by molar-refractivity contribution is -0.143. The molecule has 1 fully saturated rings. The second kappa shape index (κ2) is 7.68. The molecule has 6 nitrogen and oxygen atoms in total. The number of carbonyl (C=O) groups excluding carboxylic acids is 1. The fourth-order valence-electron chi connectivity index (χ4n) is 2.94. The van der Waals surface area contributed by atoms with E-state index < -0.39 is 14.4 Å². The highest BCUT2D eigenvalue weighted by Crippen LogP contribution is 2.40. The van der Waals surface area contributed by atoms with E-state index >= 15 is 0 Å². The van der Waals surface area contributed by atoms with Crippen molar-refractivity contribution >= 4 is 19.9 Å². The maximum atomic E-state index is 12.6. The third kappa shape index (κ3) is 3.81. The van der Waals surface area contributed by atoms with Gasteiger partial charge in [0.2, 0.25) is 0 Å². The smallest absolute Gasteiger partial charge is 0.258 e. The average Bonchev–Trinajstić information content (AvgIpc) is 2.58. The quantitative estimate of drug-likeness (QED) is 0.582. The number of nitrogens with two attached hydrogens (primary N) is 1. The number of carbonyl (C=O) groups is 1. The van der Waals surface area contributed by atoms with Crippen LogP contribution >= 0.6 is 0 Å². The van der Waals surface area contributed by atoms with Gasteiger partial charge < -0.3 is 24.5 Å². The molecule has 26 heavy (non-hydrogen) atoms. The second-order valence-electron chi connectivity index (χ2n) is 8.21. The van der Waals surface area contributed by atoms with Gasteiger partial charge in [-0.05, 0) is 42.4 Å². The molecule has 0 aromatic heterocycles. The second-order valence-corrected chi connectivity index (χ2v) is 13.0. The van der Waals surface area contributed by atoms with E-state index in [4.69, 9.17) is 19.6 Å². The fraction of sp³-hybridized carbons (Fsp3) is 0.632. The third-order valence-corrected chi connectivity index (χ3v) is 10.1. The van der Waals surface area contributed by atoms with Crippen molar-refractivity contribution in [3.8, 4) is 5.75 Å². The molecule has 1 aliphatic heterocycles. The number of rotatable bonds is 7. The Balaban J connectivity index is 2.30. The van der Waals surface area contributed by atoms with Crippen LogP contribution in [0.4, 0.5) is 5.69 Å². The minimum absolute atomic E-state index is 0.0572. The minimum Gasteiger partial charge on any atom is -0.497 e. The molecule has 1 heterocycles. The number of methoxy groups -OCH3 is 2. The molecular formula is C19H32N2O4Si. The van der Waals surface area contributed by atoms with Crippen LogP contribution in [0.3, 0.4) is 0 Å². The van der Waals surface area contributed by atoms with Crippen molar-refractivity contribution in [2.75, 3.05) is 25.7 Å². The van der Waals surface area contributed by atoms with E-state index in [1.165, 1.54) is 0 Å². The van der Waals surface area contributed by atoms with E-state index in [1.54, 1.807) is 19.1 Å². The molecule has 0 aliphatic carbocycles. The van der Waals surface area contributed by atoms with Crippen LogP contribution in [0.25, 0.3) is 0 Å². The van der Waals surface area contributed by atoms with E-state index in [0.717, 1.165) is 11.4 Å². The lowest BCUT2D eigenvalue weighted by atomic mass is 9.91. The summed E-state index contributed by atoms with van der Waals surface area (Å²) in [7, 11) is 1.14. The summed E-state index contributed by atoms with van der Waals surface area (Å²) in [6, 6.07) is 7.18. The molecule has 1 saturated heterocycles. The Bertz CT molecular complexity index is 627. The van der Waals surface area contributed by atoms with Crippen LogP contribution in [0, 0.1) is 0 Å². The summed E-state index contributed by atoms with van der Waals surface area (Å²) in [5.74, 6) is 0.675. The number of hydrogen-bond donors (Lipinski definition) is 1. The minimum atomic E-state index is -2.04. The first-order valence-corrected chi connectivity index (χ1v) is 11.9. The maximum Gasteiger partial charge on any atom is 0.258 e. The number of ether oxygens (including phenoxy) is 2. The highest BCUT2D eigenvalue weighted by atomic mass is 28.4. The average molecular weight is 381 g/mol. The van der Waals surface area contributed by atoms with Gasteiger partial charge in [0.1, 0.15) is 5.75 Å². The molecular weight excluding hydrogens is 348 g/mol. The summed E-state index contributed by atoms with van der Waals surface area (Å²) < 4.78 is 17.2. The first kappa shape index (κ1) is 20.9. The predicted molar refractivity (Wildman–Crippen MR) is 106 cm³/mol. The Morgan fingerprint density at radius 3 is 2.19 bits per heavy atom. The van der Waals surface area contributed by atoms with Gasteiger partial charge in [-0.25, -0.2) is 0 Å². The number of β-lactam (4-membered cyclic amide) rings is 1. The van der Waals surface area contributed by atoms with Crippen molar-refractivity contribution in [1.29, 1.82) is 0 Å². The van der Waals surface area contributed by atoms with Gasteiger partial charge in [-0.2, -0.15) is 0 Å². The third-order valence-electron chi connectivity index (χ3n) is 5.56. The van der Waals surface area contributed by atoms with Crippen LogP contribution in [0.15, 0.2) is 24.3 Å². The molecule has 1 aromatic rings. The first-order valence-electron chi connectivity index (χ1n) is 8.95. The van der Waals surface area contributed by atoms with Crippen molar-refractivity contribution in [2.24, 2.45) is 5.73 Å². The predicted octanol–water partition coefficient (Wildman–Crippen LogP) is 2.77. The molecule has 0 unspecified atom stereocenters. The summed E-state index contributed by atoms with van der Waals surface area (Å²) in [6.45, 7) is 11.3. The van der Waals surface area contributed by atoms with Gasteiger partial charge in [0.05, 0.1) is 19.3 Å². The SMILES string of the molecule is COc1ccc(N2C(=O)[C@H](OC)[C@@H]2[C@@H](CN)O[Si](C)(C)C(C)(C)C)cc1. The normalized spacial score (nSPS) is 22.2. The van der Waals surface area contributed by atoms with Gasteiger partial charge >= 0.3 is 0 Å². The van der Waals surface area contributed by atoms with Gasteiger partial charge in [-0.15, -0.1) is 0 Å². The number of amides is 1. The largest absolute Gasteiger partial charge is 0.497 e. The molecule has 7 heteroatoms. The molecule has 2 rings (SSSR count). The van der Waals surface area contributed by atoms with E-state index in [9.17, 15) is 4.79 Å². The van der Waals surface area contributed by atoms with E-state index in [2.05, 4.69) is 33.9 Å². The maximum absolute atomic E-state index is 12.6. The summed E-state index contributed by atoms with van der Waals surface area (Å²) >= 11 is 0. The lowest BCUT2D eigenvalue weighted by Crippen LogP contribution is -2.72. The van der Waals surface area contributed by atoms with Crippen LogP contribution < -0.4 is 15.4 Å². The Morgan fingerprint density at radius 2 is 1.77 bits per heavy atom. The molecule has 1 amide bonds. The molecule has 0 spiro atoms. The van der Waals surface area contributed by atoms with Crippen LogP contribution in [-0.4, -0.2) is 53.2 Å². The van der Waals surface area contributed by atoms with Crippen molar-refractivity contribution in [2.45, 2.75) is 57.2 Å². The molecule has 1 aromatic carbocycles. The summed E-state index contributed by atoms with van der Waals surface area (Å²) in [6.07, 6.45) is -0.809. The van der Waals surface area contributed by atoms with Crippen LogP contribution in [-0.2, 0) is 14.0 Å². The lowest BCUT2D eigenvalue weighted by Gasteiger charge is -2.51. The summed E-state index contributed by atoms with van der Waals surface area (Å²) in [4.78, 5) is 14.4. The Kier molecular flexibility index (Phi) is 6.17. The van der Waals surface area contributed by atoms with Gasteiger partial charge in [-0.3, -0.25) is 4.79 Å².